The number of azo groups is 2. The third-order valence-corrected chi connectivity index (χ3v) is 11.8. The van der Waals surface area contributed by atoms with Crippen LogP contribution in [-0.4, -0.2) is 46.6 Å². The predicted octanol–water partition coefficient (Wildman–Crippen LogP) is 5.36. The first-order chi connectivity index (χ1) is 30.7. The summed E-state index contributed by atoms with van der Waals surface area (Å²) in [6.45, 7) is 3.22. The molecule has 22 heteroatoms. The van der Waals surface area contributed by atoms with Gasteiger partial charge in [0.2, 0.25) is 0 Å². The molecule has 330 valence electrons. The molecule has 8 rings (SSSR count). The van der Waals surface area contributed by atoms with E-state index in [1.165, 1.54) is 45.8 Å². The first-order valence-electron chi connectivity index (χ1n) is 19.0. The average molecular weight is 972 g/mol. The Hall–Kier alpha value is -6.83. The number of rotatable bonds is 12. The fourth-order valence-corrected chi connectivity index (χ4v) is 8.02. The number of aromatic hydroxyl groups is 2. The van der Waals surface area contributed by atoms with E-state index in [-0.39, 0.29) is 91.0 Å². The van der Waals surface area contributed by atoms with Gasteiger partial charge in [0.1, 0.15) is 34.0 Å². The zero-order chi connectivity index (χ0) is 45.4. The van der Waals surface area contributed by atoms with Gasteiger partial charge in [-0.15, -0.1) is 11.4 Å². The van der Waals surface area contributed by atoms with Crippen LogP contribution in [0.4, 0.5) is 34.1 Å². The number of benzene rings is 6. The minimum atomic E-state index is -3.92. The molecule has 0 radical (unpaired) electrons. The SMILES string of the molecule is Cc1nn(-c2ccccc2)c(=O)[c-]1N=Nc1cc(S(=O)(=O)Nc2ccccc2)ccc1O.Cc1nn(-c2ccccc2)c(=O)[c-]1N=Nc1cc(S(=O)(=O)Nc2ccccc2)ccc1O.[Cr].[Na+]. The summed E-state index contributed by atoms with van der Waals surface area (Å²) in [6.07, 6.45) is 0. The molecule has 18 nitrogen and oxygen atoms in total. The minimum Gasteiger partial charge on any atom is -0.506 e. The van der Waals surface area contributed by atoms with Crippen LogP contribution in [0.15, 0.2) is 198 Å². The van der Waals surface area contributed by atoms with Crippen LogP contribution < -0.4 is 50.1 Å². The number of nitrogens with zero attached hydrogens (tertiary/aromatic N) is 8. The maximum atomic E-state index is 12.7. The maximum absolute atomic E-state index is 12.7. The van der Waals surface area contributed by atoms with Crippen LogP contribution in [0.3, 0.4) is 0 Å². The largest absolute Gasteiger partial charge is 1.00 e. The molecule has 0 bridgehead atoms. The van der Waals surface area contributed by atoms with E-state index >= 15 is 0 Å². The first-order valence-corrected chi connectivity index (χ1v) is 22.0. The van der Waals surface area contributed by atoms with Crippen LogP contribution in [0.25, 0.3) is 11.4 Å². The molecule has 0 spiro atoms. The summed E-state index contributed by atoms with van der Waals surface area (Å²) in [5.41, 5.74) is 1.43. The molecule has 6 aromatic carbocycles. The molecule has 0 aliphatic heterocycles. The standard InChI is InChI=1S/2C22H18N5O4S.Cr.Na/c2*1-15-21(22(29)27(25-15)17-10-6-3-7-11-17)24-23-19-14-18(12-13-20(19)28)32(30,31)26-16-8-4-2-5-9-16;;/h2*2-14,26,28H,1H3;;/q2*-1;;+1. The van der Waals surface area contributed by atoms with Crippen LogP contribution in [0.2, 0.25) is 0 Å². The Bertz CT molecular complexity index is 3130. The summed E-state index contributed by atoms with van der Waals surface area (Å²) in [6, 6.07) is 41.7. The summed E-state index contributed by atoms with van der Waals surface area (Å²) < 4.78 is 58.0. The monoisotopic (exact) mass is 971 g/mol. The van der Waals surface area contributed by atoms with Crippen molar-refractivity contribution in [1.82, 2.24) is 19.6 Å². The number of anilines is 2. The van der Waals surface area contributed by atoms with Crippen LogP contribution in [0.5, 0.6) is 11.5 Å². The molecule has 66 heavy (non-hydrogen) atoms. The van der Waals surface area contributed by atoms with Gasteiger partial charge in [0, 0.05) is 28.7 Å². The number of aromatic nitrogens is 4. The van der Waals surface area contributed by atoms with Crippen LogP contribution in [0.1, 0.15) is 11.4 Å². The second-order valence-electron chi connectivity index (χ2n) is 13.6. The Kier molecular flexibility index (Phi) is 16.7. The van der Waals surface area contributed by atoms with Gasteiger partial charge in [0.25, 0.3) is 20.0 Å². The normalized spacial score (nSPS) is 11.3. The number of hydrogen-bond acceptors (Lipinski definition) is 14. The summed E-state index contributed by atoms with van der Waals surface area (Å²) in [5.74, 6) is -0.569. The van der Waals surface area contributed by atoms with E-state index in [1.54, 1.807) is 123 Å². The van der Waals surface area contributed by atoms with Crippen LogP contribution >= 0.6 is 0 Å². The second-order valence-corrected chi connectivity index (χ2v) is 17.0. The smallest absolute Gasteiger partial charge is 0.506 e. The van der Waals surface area contributed by atoms with Crippen molar-refractivity contribution >= 4 is 54.2 Å². The molecule has 2 aromatic heterocycles. The summed E-state index contributed by atoms with van der Waals surface area (Å²) in [7, 11) is -7.85. The van der Waals surface area contributed by atoms with Gasteiger partial charge in [-0.05, 0) is 84.9 Å². The van der Waals surface area contributed by atoms with Crippen molar-refractivity contribution in [1.29, 1.82) is 0 Å². The Morgan fingerprint density at radius 2 is 0.833 bits per heavy atom. The molecule has 0 aliphatic rings. The molecular formula is C44H36CrN10NaO8S2-. The predicted molar refractivity (Wildman–Crippen MR) is 239 cm³/mol. The van der Waals surface area contributed by atoms with Gasteiger partial charge < -0.3 is 30.0 Å². The number of sulfonamides is 2. The molecule has 8 aromatic rings. The number of phenols is 2. The number of para-hydroxylation sites is 4. The number of hydrogen-bond donors (Lipinski definition) is 4. The Morgan fingerprint density at radius 1 is 0.515 bits per heavy atom. The first kappa shape index (κ1) is 50.2. The van der Waals surface area contributed by atoms with E-state index in [0.717, 1.165) is 0 Å². The zero-order valence-corrected chi connectivity index (χ0v) is 40.1. The van der Waals surface area contributed by atoms with E-state index in [0.29, 0.717) is 34.1 Å². The summed E-state index contributed by atoms with van der Waals surface area (Å²) in [4.78, 5) is 25.2. The molecular weight excluding hydrogens is 936 g/mol. The average Bonchev–Trinajstić information content (AvgIpc) is 3.74. The number of phenolic OH excluding ortho intramolecular Hbond substituents is 2. The Morgan fingerprint density at radius 3 is 1.17 bits per heavy atom. The van der Waals surface area contributed by atoms with Crippen molar-refractivity contribution in [2.45, 2.75) is 23.6 Å². The van der Waals surface area contributed by atoms with E-state index in [9.17, 15) is 36.6 Å². The van der Waals surface area contributed by atoms with E-state index < -0.39 is 31.2 Å². The molecule has 0 atom stereocenters. The molecule has 0 amide bonds. The summed E-state index contributed by atoms with van der Waals surface area (Å²) in [5, 5.41) is 44.4. The Labute approximate surface area is 410 Å². The topological polar surface area (TPSA) is 252 Å². The summed E-state index contributed by atoms with van der Waals surface area (Å²) >= 11 is 0. The Balaban J connectivity index is 0.000000240. The fraction of sp³-hybridized carbons (Fsp3) is 0.0455. The molecule has 0 unspecified atom stereocenters. The van der Waals surface area contributed by atoms with Gasteiger partial charge >= 0.3 is 29.6 Å². The fourth-order valence-electron chi connectivity index (χ4n) is 5.86. The van der Waals surface area contributed by atoms with Crippen LogP contribution in [0, 0.1) is 13.8 Å². The molecule has 0 saturated carbocycles. The van der Waals surface area contributed by atoms with E-state index in [4.69, 9.17) is 0 Å². The van der Waals surface area contributed by atoms with Crippen molar-refractivity contribution in [2.24, 2.45) is 20.5 Å². The quantitative estimate of drug-likeness (QED) is 0.0693. The third kappa shape index (κ3) is 11.9. The van der Waals surface area contributed by atoms with Crippen molar-refractivity contribution < 1.29 is 74.0 Å². The van der Waals surface area contributed by atoms with Crippen molar-refractivity contribution in [3.8, 4) is 22.9 Å². The maximum Gasteiger partial charge on any atom is 1.00 e. The third-order valence-electron chi connectivity index (χ3n) is 9.06. The van der Waals surface area contributed by atoms with Crippen molar-refractivity contribution in [3.05, 3.63) is 190 Å². The number of aryl methyl sites for hydroxylation is 2. The van der Waals surface area contributed by atoms with Gasteiger partial charge in [-0.3, -0.25) is 9.44 Å². The van der Waals surface area contributed by atoms with Gasteiger partial charge in [-0.2, -0.15) is 10.2 Å². The van der Waals surface area contributed by atoms with Gasteiger partial charge in [0.05, 0.1) is 21.2 Å². The minimum absolute atomic E-state index is 0. The van der Waals surface area contributed by atoms with Crippen molar-refractivity contribution in [3.63, 3.8) is 0 Å². The van der Waals surface area contributed by atoms with Gasteiger partial charge in [-0.25, -0.2) is 36.4 Å². The molecule has 0 saturated heterocycles. The molecule has 0 aliphatic carbocycles. The van der Waals surface area contributed by atoms with Crippen molar-refractivity contribution in [2.75, 3.05) is 9.44 Å². The van der Waals surface area contributed by atoms with E-state index in [1.807, 2.05) is 12.1 Å². The number of nitrogens with one attached hydrogen (secondary N) is 2. The van der Waals surface area contributed by atoms with Crippen LogP contribution in [-0.2, 0) is 37.4 Å². The van der Waals surface area contributed by atoms with Gasteiger partial charge in [-0.1, -0.05) is 98.0 Å². The zero-order valence-electron chi connectivity index (χ0n) is 35.2. The molecule has 0 fully saturated rings. The molecule has 4 N–H and O–H groups in total. The second kappa shape index (κ2) is 21.9. The van der Waals surface area contributed by atoms with Gasteiger partial charge in [0.15, 0.2) is 0 Å². The molecule has 2 heterocycles. The van der Waals surface area contributed by atoms with E-state index in [2.05, 4.69) is 40.1 Å².